The summed E-state index contributed by atoms with van der Waals surface area (Å²) in [6.07, 6.45) is 1.93. The van der Waals surface area contributed by atoms with Gasteiger partial charge in [0.25, 0.3) is 0 Å². The maximum absolute atomic E-state index is 4.99. The molecule has 0 fully saturated rings. The fourth-order valence-corrected chi connectivity index (χ4v) is 6.17. The number of fused-ring (bicyclic) bond motifs is 4. The maximum Gasteiger partial charge on any atom is 0.0948 e. The van der Waals surface area contributed by atoms with Crippen molar-refractivity contribution in [1.29, 1.82) is 0 Å². The molecule has 0 N–H and O–H groups in total. The quantitative estimate of drug-likeness (QED) is 0.251. The van der Waals surface area contributed by atoms with Crippen LogP contribution in [0.4, 0.5) is 17.1 Å². The van der Waals surface area contributed by atoms with Crippen molar-refractivity contribution in [2.75, 3.05) is 4.90 Å². The molecule has 0 amide bonds. The van der Waals surface area contributed by atoms with Crippen LogP contribution in [0.1, 0.15) is 0 Å². The van der Waals surface area contributed by atoms with Crippen LogP contribution in [0.3, 0.4) is 0 Å². The van der Waals surface area contributed by atoms with E-state index in [4.69, 9.17) is 4.98 Å². The Morgan fingerprint density at radius 1 is 0.528 bits per heavy atom. The molecule has 0 atom stereocenters. The molecule has 2 nitrogen and oxygen atoms in total. The fourth-order valence-electron chi connectivity index (χ4n) is 5.09. The number of pyridine rings is 1. The first-order chi connectivity index (χ1) is 17.9. The summed E-state index contributed by atoms with van der Waals surface area (Å²) >= 11 is 1.84. The van der Waals surface area contributed by atoms with Crippen LogP contribution >= 0.6 is 11.8 Å². The molecule has 0 spiro atoms. The zero-order chi connectivity index (χ0) is 23.9. The summed E-state index contributed by atoms with van der Waals surface area (Å²) in [6.45, 7) is 0. The average molecular weight is 479 g/mol. The summed E-state index contributed by atoms with van der Waals surface area (Å²) in [4.78, 5) is 9.92. The zero-order valence-electron chi connectivity index (χ0n) is 19.5. The van der Waals surface area contributed by atoms with Crippen molar-refractivity contribution < 1.29 is 0 Å². The normalized spacial score (nSPS) is 12.3. The number of anilines is 3. The van der Waals surface area contributed by atoms with E-state index in [9.17, 15) is 0 Å². The van der Waals surface area contributed by atoms with E-state index < -0.39 is 0 Å². The van der Waals surface area contributed by atoms with Crippen LogP contribution in [0.15, 0.2) is 143 Å². The van der Waals surface area contributed by atoms with E-state index in [-0.39, 0.29) is 0 Å². The lowest BCUT2D eigenvalue weighted by Gasteiger charge is -2.36. The summed E-state index contributed by atoms with van der Waals surface area (Å²) < 4.78 is 0. The number of benzene rings is 5. The van der Waals surface area contributed by atoms with E-state index in [1.807, 2.05) is 18.0 Å². The minimum absolute atomic E-state index is 0.970. The number of aromatic nitrogens is 1. The number of rotatable bonds is 3. The van der Waals surface area contributed by atoms with Gasteiger partial charge in [-0.3, -0.25) is 4.98 Å². The van der Waals surface area contributed by atoms with Gasteiger partial charge in [0.1, 0.15) is 0 Å². The third kappa shape index (κ3) is 3.40. The Kier molecular flexibility index (Phi) is 5.07. The van der Waals surface area contributed by atoms with Crippen LogP contribution in [0.5, 0.6) is 0 Å². The topological polar surface area (TPSA) is 16.1 Å². The molecule has 36 heavy (non-hydrogen) atoms. The van der Waals surface area contributed by atoms with Gasteiger partial charge in [-0.25, -0.2) is 0 Å². The maximum atomic E-state index is 4.99. The van der Waals surface area contributed by atoms with Crippen molar-refractivity contribution in [3.05, 3.63) is 134 Å². The molecule has 0 radical (unpaired) electrons. The highest BCUT2D eigenvalue weighted by Crippen LogP contribution is 2.56. The van der Waals surface area contributed by atoms with Crippen molar-refractivity contribution in [3.8, 4) is 22.4 Å². The summed E-state index contributed by atoms with van der Waals surface area (Å²) in [7, 11) is 0. The number of para-hydroxylation sites is 1. The molecular weight excluding hydrogens is 456 g/mol. The molecule has 6 aromatic rings. The summed E-state index contributed by atoms with van der Waals surface area (Å²) in [6, 6.07) is 45.1. The van der Waals surface area contributed by atoms with Crippen LogP contribution in [0.25, 0.3) is 33.2 Å². The molecule has 1 aromatic heterocycles. The Hall–Kier alpha value is -4.34. The molecule has 0 saturated heterocycles. The lowest BCUT2D eigenvalue weighted by Crippen LogP contribution is -2.17. The number of hydrogen-bond donors (Lipinski definition) is 0. The van der Waals surface area contributed by atoms with Gasteiger partial charge in [0, 0.05) is 32.5 Å². The van der Waals surface area contributed by atoms with Crippen LogP contribution in [0, 0.1) is 0 Å². The molecule has 7 rings (SSSR count). The molecule has 0 unspecified atom stereocenters. The molecule has 1 aliphatic rings. The van der Waals surface area contributed by atoms with E-state index in [0.717, 1.165) is 22.5 Å². The second kappa shape index (κ2) is 8.71. The molecule has 0 aliphatic carbocycles. The molecule has 0 saturated carbocycles. The van der Waals surface area contributed by atoms with Crippen LogP contribution in [0.2, 0.25) is 0 Å². The third-order valence-corrected chi connectivity index (χ3v) is 7.81. The zero-order valence-corrected chi connectivity index (χ0v) is 20.3. The van der Waals surface area contributed by atoms with Crippen molar-refractivity contribution in [1.82, 2.24) is 4.98 Å². The predicted molar refractivity (Wildman–Crippen MR) is 151 cm³/mol. The molecule has 2 heterocycles. The Morgan fingerprint density at radius 2 is 1.22 bits per heavy atom. The van der Waals surface area contributed by atoms with E-state index >= 15 is 0 Å². The lowest BCUT2D eigenvalue weighted by atomic mass is 9.97. The van der Waals surface area contributed by atoms with Crippen molar-refractivity contribution in [3.63, 3.8) is 0 Å². The van der Waals surface area contributed by atoms with Gasteiger partial charge >= 0.3 is 0 Å². The first-order valence-corrected chi connectivity index (χ1v) is 12.9. The first kappa shape index (κ1) is 21.0. The van der Waals surface area contributed by atoms with Gasteiger partial charge in [-0.15, -0.1) is 0 Å². The smallest absolute Gasteiger partial charge is 0.0948 e. The second-order valence-electron chi connectivity index (χ2n) is 8.83. The first-order valence-electron chi connectivity index (χ1n) is 12.1. The Bertz CT molecular complexity index is 1650. The van der Waals surface area contributed by atoms with Crippen LogP contribution in [-0.2, 0) is 0 Å². The van der Waals surface area contributed by atoms with Gasteiger partial charge in [0.05, 0.1) is 22.8 Å². The van der Waals surface area contributed by atoms with Gasteiger partial charge in [-0.05, 0) is 35.2 Å². The monoisotopic (exact) mass is 478 g/mol. The highest BCUT2D eigenvalue weighted by molar-refractivity contribution is 7.99. The minimum atomic E-state index is 0.970. The molecule has 3 heteroatoms. The second-order valence-corrected chi connectivity index (χ2v) is 9.91. The largest absolute Gasteiger partial charge is 0.305 e. The van der Waals surface area contributed by atoms with Crippen molar-refractivity contribution >= 4 is 39.6 Å². The Balaban J connectivity index is 1.63. The molecule has 1 aliphatic heterocycles. The summed E-state index contributed by atoms with van der Waals surface area (Å²) in [5, 5.41) is 2.46. The Morgan fingerprint density at radius 3 is 2.06 bits per heavy atom. The van der Waals surface area contributed by atoms with Crippen molar-refractivity contribution in [2.45, 2.75) is 9.79 Å². The van der Waals surface area contributed by atoms with Gasteiger partial charge < -0.3 is 4.90 Å². The van der Waals surface area contributed by atoms with E-state index in [2.05, 4.69) is 132 Å². The van der Waals surface area contributed by atoms with Gasteiger partial charge in [0.15, 0.2) is 0 Å². The standard InChI is InChI=1S/C33H22N2S/c1-3-11-23(12-4-1)27-21-22-34-31(25-14-5-2-6-15-25)33(27)35-28-17-9-10-18-29(28)36-30-20-19-24-13-7-8-16-26(24)32(30)35/h1-22H. The van der Waals surface area contributed by atoms with Gasteiger partial charge in [0.2, 0.25) is 0 Å². The van der Waals surface area contributed by atoms with E-state index in [1.54, 1.807) is 0 Å². The predicted octanol–water partition coefficient (Wildman–Crippen LogP) is 9.50. The summed E-state index contributed by atoms with van der Waals surface area (Å²) in [5.41, 5.74) is 7.88. The van der Waals surface area contributed by atoms with E-state index in [0.29, 0.717) is 0 Å². The van der Waals surface area contributed by atoms with Crippen LogP contribution < -0.4 is 4.90 Å². The number of nitrogens with zero attached hydrogens (tertiary/aromatic N) is 2. The SMILES string of the molecule is c1ccc(-c2ccnc(-c3ccccc3)c2N2c3ccccc3Sc3ccc4ccccc4c32)cc1. The van der Waals surface area contributed by atoms with Gasteiger partial charge in [-0.1, -0.05) is 115 Å². The minimum Gasteiger partial charge on any atom is -0.305 e. The lowest BCUT2D eigenvalue weighted by molar-refractivity contribution is 1.16. The Labute approximate surface area is 214 Å². The number of hydrogen-bond acceptors (Lipinski definition) is 3. The molecule has 5 aromatic carbocycles. The fraction of sp³-hybridized carbons (Fsp3) is 0. The summed E-state index contributed by atoms with van der Waals surface area (Å²) in [5.74, 6) is 0. The molecular formula is C33H22N2S. The third-order valence-electron chi connectivity index (χ3n) is 6.69. The average Bonchev–Trinajstić information content (AvgIpc) is 2.96. The van der Waals surface area contributed by atoms with Gasteiger partial charge in [-0.2, -0.15) is 0 Å². The van der Waals surface area contributed by atoms with E-state index in [1.165, 1.54) is 37.5 Å². The highest BCUT2D eigenvalue weighted by Gasteiger charge is 2.30. The molecule has 170 valence electrons. The highest BCUT2D eigenvalue weighted by atomic mass is 32.2. The molecule has 0 bridgehead atoms. The van der Waals surface area contributed by atoms with Crippen LogP contribution in [-0.4, -0.2) is 4.98 Å². The van der Waals surface area contributed by atoms with Crippen molar-refractivity contribution in [2.24, 2.45) is 0 Å².